The molecule has 0 aliphatic carbocycles. The zero-order valence-electron chi connectivity index (χ0n) is 41.3. The molecule has 0 saturated carbocycles. The monoisotopic (exact) mass is 870 g/mol. The Morgan fingerprint density at radius 1 is 0.484 bits per heavy atom. The van der Waals surface area contributed by atoms with Crippen molar-refractivity contribution in [2.45, 2.75) is 289 Å². The number of allylic oxidation sites excluding steroid dienone is 8. The summed E-state index contributed by atoms with van der Waals surface area (Å²) in [6, 6.07) is -0.707. The number of carbonyl (C=O) groups is 2. The van der Waals surface area contributed by atoms with Crippen LogP contribution in [0.3, 0.4) is 0 Å². The standard InChI is InChI=1S/C56H103NO5/c1-4-7-10-13-16-19-22-25-26-27-28-31-32-35-38-41-44-47-52(62-56(61)49-46-43-40-37-34-30-24-21-18-15-12-9-6-3)50-55(60)57-53(51-58)54(59)48-45-42-39-36-33-29-23-20-17-14-11-8-5-2/h9,12,15,18,21,24-26,52-54,58-59H,4-8,10-11,13-14,16-17,19-20,22-23,27-51H2,1-3H3,(H,57,60)/b12-9+,18-15+,24-21-,26-25+. The number of ether oxygens (including phenoxy) is 1. The average Bonchev–Trinajstić information content (AvgIpc) is 3.26. The van der Waals surface area contributed by atoms with Gasteiger partial charge in [-0.2, -0.15) is 0 Å². The maximum absolute atomic E-state index is 13.2. The molecule has 0 aliphatic rings. The zero-order chi connectivity index (χ0) is 45.2. The third-order valence-electron chi connectivity index (χ3n) is 12.2. The van der Waals surface area contributed by atoms with E-state index in [4.69, 9.17) is 4.74 Å². The van der Waals surface area contributed by atoms with Crippen molar-refractivity contribution in [3.8, 4) is 0 Å². The number of nitrogens with one attached hydrogen (secondary N) is 1. The van der Waals surface area contributed by atoms with Gasteiger partial charge in [0.1, 0.15) is 6.10 Å². The molecule has 0 aromatic rings. The van der Waals surface area contributed by atoms with E-state index in [-0.39, 0.29) is 24.9 Å². The number of aliphatic hydroxyl groups is 2. The van der Waals surface area contributed by atoms with Crippen LogP contribution < -0.4 is 5.32 Å². The summed E-state index contributed by atoms with van der Waals surface area (Å²) in [5, 5.41) is 23.8. The van der Waals surface area contributed by atoms with Crippen molar-refractivity contribution >= 4 is 11.9 Å². The van der Waals surface area contributed by atoms with Gasteiger partial charge in [-0.1, -0.05) is 236 Å². The lowest BCUT2D eigenvalue weighted by atomic mass is 10.0. The van der Waals surface area contributed by atoms with E-state index in [9.17, 15) is 19.8 Å². The van der Waals surface area contributed by atoms with Crippen molar-refractivity contribution in [2.75, 3.05) is 6.61 Å². The molecular weight excluding hydrogens is 767 g/mol. The first-order valence-electron chi connectivity index (χ1n) is 26.9. The van der Waals surface area contributed by atoms with Crippen LogP contribution in [0.15, 0.2) is 48.6 Å². The van der Waals surface area contributed by atoms with Crippen LogP contribution in [0.2, 0.25) is 0 Å². The summed E-state index contributed by atoms with van der Waals surface area (Å²) in [6.07, 6.45) is 60.3. The van der Waals surface area contributed by atoms with Crippen LogP contribution in [0.4, 0.5) is 0 Å². The van der Waals surface area contributed by atoms with Crippen molar-refractivity contribution in [1.82, 2.24) is 5.32 Å². The maximum atomic E-state index is 13.2. The van der Waals surface area contributed by atoms with Gasteiger partial charge in [0.05, 0.1) is 25.2 Å². The Balaban J connectivity index is 4.59. The van der Waals surface area contributed by atoms with E-state index in [1.807, 2.05) is 0 Å². The average molecular weight is 870 g/mol. The van der Waals surface area contributed by atoms with E-state index in [1.165, 1.54) is 141 Å². The Morgan fingerprint density at radius 3 is 1.35 bits per heavy atom. The highest BCUT2D eigenvalue weighted by Crippen LogP contribution is 2.18. The Morgan fingerprint density at radius 2 is 0.887 bits per heavy atom. The number of unbranched alkanes of at least 4 members (excludes halogenated alkanes) is 30. The van der Waals surface area contributed by atoms with Gasteiger partial charge in [0, 0.05) is 6.42 Å². The molecule has 3 unspecified atom stereocenters. The van der Waals surface area contributed by atoms with Crippen LogP contribution in [0.1, 0.15) is 271 Å². The highest BCUT2D eigenvalue weighted by Gasteiger charge is 2.24. The van der Waals surface area contributed by atoms with Crippen LogP contribution in [-0.2, 0) is 14.3 Å². The summed E-state index contributed by atoms with van der Waals surface area (Å²) in [7, 11) is 0. The van der Waals surface area contributed by atoms with Crippen LogP contribution in [0.25, 0.3) is 0 Å². The van der Waals surface area contributed by atoms with Gasteiger partial charge in [-0.3, -0.25) is 9.59 Å². The van der Waals surface area contributed by atoms with Gasteiger partial charge in [0.15, 0.2) is 0 Å². The Bertz CT molecular complexity index is 1070. The third-order valence-corrected chi connectivity index (χ3v) is 12.2. The molecule has 6 heteroatoms. The van der Waals surface area contributed by atoms with Gasteiger partial charge in [-0.05, 0) is 70.6 Å². The summed E-state index contributed by atoms with van der Waals surface area (Å²) in [5.41, 5.74) is 0. The molecule has 0 heterocycles. The number of rotatable bonds is 48. The highest BCUT2D eigenvalue weighted by molar-refractivity contribution is 5.77. The van der Waals surface area contributed by atoms with Crippen molar-refractivity contribution in [3.63, 3.8) is 0 Å². The molecule has 3 atom stereocenters. The number of amides is 1. The highest BCUT2D eigenvalue weighted by atomic mass is 16.5. The lowest BCUT2D eigenvalue weighted by molar-refractivity contribution is -0.151. The summed E-state index contributed by atoms with van der Waals surface area (Å²) in [5.74, 6) is -0.494. The molecule has 0 radical (unpaired) electrons. The first kappa shape index (κ1) is 59.8. The van der Waals surface area contributed by atoms with Gasteiger partial charge >= 0.3 is 5.97 Å². The van der Waals surface area contributed by atoms with Gasteiger partial charge in [-0.15, -0.1) is 0 Å². The lowest BCUT2D eigenvalue weighted by Crippen LogP contribution is -2.46. The predicted octanol–water partition coefficient (Wildman–Crippen LogP) is 16.2. The SMILES string of the molecule is CC/C=C/C=C/C=C\CCCCCCCC(=O)OC(CCCCCCCCC/C=C/CCCCCCCC)CC(=O)NC(CO)C(O)CCCCCCCCCCCCCCC. The lowest BCUT2D eigenvalue weighted by Gasteiger charge is -2.24. The van der Waals surface area contributed by atoms with E-state index in [2.05, 4.69) is 74.7 Å². The second kappa shape index (κ2) is 49.8. The van der Waals surface area contributed by atoms with E-state index >= 15 is 0 Å². The van der Waals surface area contributed by atoms with E-state index in [1.54, 1.807) is 0 Å². The second-order valence-corrected chi connectivity index (χ2v) is 18.3. The molecule has 0 rings (SSSR count). The predicted molar refractivity (Wildman–Crippen MR) is 269 cm³/mol. The van der Waals surface area contributed by atoms with Crippen LogP contribution >= 0.6 is 0 Å². The molecule has 0 aliphatic heterocycles. The molecule has 6 nitrogen and oxygen atoms in total. The van der Waals surface area contributed by atoms with Gasteiger partial charge < -0.3 is 20.3 Å². The zero-order valence-corrected chi connectivity index (χ0v) is 41.3. The minimum atomic E-state index is -0.792. The van der Waals surface area contributed by atoms with E-state index in [0.29, 0.717) is 19.3 Å². The molecule has 62 heavy (non-hydrogen) atoms. The number of hydrogen-bond acceptors (Lipinski definition) is 5. The van der Waals surface area contributed by atoms with Crippen molar-refractivity contribution in [3.05, 3.63) is 48.6 Å². The molecule has 0 spiro atoms. The van der Waals surface area contributed by atoms with Crippen molar-refractivity contribution in [1.29, 1.82) is 0 Å². The van der Waals surface area contributed by atoms with Crippen LogP contribution in [0.5, 0.6) is 0 Å². The third kappa shape index (κ3) is 44.4. The first-order valence-corrected chi connectivity index (χ1v) is 26.9. The molecule has 0 bridgehead atoms. The number of esters is 1. The number of aliphatic hydroxyl groups excluding tert-OH is 2. The summed E-state index contributed by atoms with van der Waals surface area (Å²) in [4.78, 5) is 26.2. The van der Waals surface area contributed by atoms with Crippen molar-refractivity contribution < 1.29 is 24.5 Å². The molecule has 0 aromatic heterocycles. The van der Waals surface area contributed by atoms with Crippen LogP contribution in [-0.4, -0.2) is 46.9 Å². The smallest absolute Gasteiger partial charge is 0.306 e. The Labute approximate surface area is 385 Å². The molecule has 3 N–H and O–H groups in total. The second-order valence-electron chi connectivity index (χ2n) is 18.3. The first-order chi connectivity index (χ1) is 30.5. The summed E-state index contributed by atoms with van der Waals surface area (Å²) < 4.78 is 5.93. The van der Waals surface area contributed by atoms with Gasteiger partial charge in [0.25, 0.3) is 0 Å². The number of hydrogen-bond donors (Lipinski definition) is 3. The van der Waals surface area contributed by atoms with E-state index in [0.717, 1.165) is 83.5 Å². The largest absolute Gasteiger partial charge is 0.462 e. The minimum absolute atomic E-state index is 0.0671. The fraction of sp³-hybridized carbons (Fsp3) is 0.821. The normalized spacial score (nSPS) is 13.6. The molecule has 0 fully saturated rings. The fourth-order valence-electron chi connectivity index (χ4n) is 8.13. The number of carbonyl (C=O) groups excluding carboxylic acids is 2. The van der Waals surface area contributed by atoms with E-state index < -0.39 is 18.2 Å². The summed E-state index contributed by atoms with van der Waals surface area (Å²) in [6.45, 7) is 6.36. The quantitative estimate of drug-likeness (QED) is 0.0245. The Kier molecular flexibility index (Phi) is 48.1. The summed E-state index contributed by atoms with van der Waals surface area (Å²) >= 11 is 0. The van der Waals surface area contributed by atoms with Crippen molar-refractivity contribution in [2.24, 2.45) is 0 Å². The molecule has 1 amide bonds. The molecule has 0 aromatic carbocycles. The van der Waals surface area contributed by atoms with Gasteiger partial charge in [-0.25, -0.2) is 0 Å². The molecule has 362 valence electrons. The molecule has 0 saturated heterocycles. The topological polar surface area (TPSA) is 95.9 Å². The Hall–Kier alpha value is -2.18. The maximum Gasteiger partial charge on any atom is 0.306 e. The fourth-order valence-corrected chi connectivity index (χ4v) is 8.13. The van der Waals surface area contributed by atoms with Gasteiger partial charge in [0.2, 0.25) is 5.91 Å². The molecular formula is C56H103NO5. The minimum Gasteiger partial charge on any atom is -0.462 e. The van der Waals surface area contributed by atoms with Crippen LogP contribution in [0, 0.1) is 0 Å².